The van der Waals surface area contributed by atoms with Crippen LogP contribution in [0.2, 0.25) is 0 Å². The molecular weight excluding hydrogens is 1800 g/mol. The van der Waals surface area contributed by atoms with E-state index in [1.807, 2.05) is 0 Å². The minimum atomic E-state index is -0.518. The molecule has 0 saturated carbocycles. The van der Waals surface area contributed by atoms with Crippen LogP contribution in [0.1, 0.15) is 26.3 Å². The van der Waals surface area contributed by atoms with Gasteiger partial charge in [0.1, 0.15) is 0 Å². The topological polar surface area (TPSA) is 22.8 Å². The number of hydrogen-bond donors (Lipinski definition) is 0. The van der Waals surface area contributed by atoms with Crippen molar-refractivity contribution >= 4 is 135 Å². The molecule has 0 bridgehead atoms. The number of benzene rings is 23. The monoisotopic (exact) mass is 1900 g/mol. The molecule has 2 aromatic heterocycles. The number of para-hydroxylation sites is 6. The molecule has 0 aliphatic carbocycles. The maximum atomic E-state index is 2.76. The van der Waals surface area contributed by atoms with Gasteiger partial charge in [-0.2, -0.15) is 0 Å². The van der Waals surface area contributed by atoms with Gasteiger partial charge in [0.25, 0.3) is 6.71 Å². The van der Waals surface area contributed by atoms with Gasteiger partial charge >= 0.3 is 0 Å². The Morgan fingerprint density at radius 1 is 0.188 bits per heavy atom. The van der Waals surface area contributed by atoms with E-state index in [1.54, 1.807) is 0 Å². The maximum absolute atomic E-state index is 2.76. The number of aromatic nitrogens is 2. The van der Waals surface area contributed by atoms with Gasteiger partial charge in [0.2, 0.25) is 0 Å². The third-order valence-corrected chi connectivity index (χ3v) is 30.4. The van der Waals surface area contributed by atoms with E-state index < -0.39 is 12.1 Å². The van der Waals surface area contributed by atoms with Crippen LogP contribution in [0, 0.1) is 0 Å². The molecular formula is C142H101BN6. The Hall–Kier alpha value is -19.1. The highest BCUT2D eigenvalue weighted by atomic mass is 15.3. The predicted molar refractivity (Wildman–Crippen MR) is 632 cm³/mol. The summed E-state index contributed by atoms with van der Waals surface area (Å²) < 4.78 is 5.12. The first kappa shape index (κ1) is 88.8. The molecule has 27 rings (SSSR count). The maximum Gasteiger partial charge on any atom is 0.252 e. The van der Waals surface area contributed by atoms with Crippen molar-refractivity contribution in [3.63, 3.8) is 0 Å². The minimum absolute atomic E-state index is 0.449. The lowest BCUT2D eigenvalue weighted by atomic mass is 9.33. The molecule has 0 spiro atoms. The fraction of sp³-hybridized carbons (Fsp3) is 0.0282. The Labute approximate surface area is 869 Å². The Bertz CT molecular complexity index is 8610. The highest BCUT2D eigenvalue weighted by Crippen LogP contribution is 2.59. The van der Waals surface area contributed by atoms with Crippen LogP contribution in [-0.2, 0) is 5.41 Å². The van der Waals surface area contributed by atoms with Gasteiger partial charge in [0.05, 0.1) is 44.8 Å². The van der Waals surface area contributed by atoms with Gasteiger partial charge in [-0.3, -0.25) is 0 Å². The van der Waals surface area contributed by atoms with Crippen molar-refractivity contribution in [2.24, 2.45) is 0 Å². The zero-order valence-corrected chi connectivity index (χ0v) is 82.9. The molecule has 0 amide bonds. The van der Waals surface area contributed by atoms with Gasteiger partial charge in [-0.05, 0) is 273 Å². The molecule has 4 heterocycles. The lowest BCUT2D eigenvalue weighted by Crippen LogP contribution is -2.61. The molecule has 149 heavy (non-hydrogen) atoms. The highest BCUT2D eigenvalue weighted by molar-refractivity contribution is 7.00. The molecule has 2 aliphatic rings. The molecule has 0 radical (unpaired) electrons. The van der Waals surface area contributed by atoms with Gasteiger partial charge in [-0.25, -0.2) is 0 Å². The molecule has 6 nitrogen and oxygen atoms in total. The van der Waals surface area contributed by atoms with Crippen molar-refractivity contribution in [2.75, 3.05) is 19.6 Å². The number of rotatable bonds is 20. The second-order valence-electron chi connectivity index (χ2n) is 40.1. The zero-order valence-electron chi connectivity index (χ0n) is 82.9. The van der Waals surface area contributed by atoms with Crippen LogP contribution in [0.4, 0.5) is 68.2 Å². The van der Waals surface area contributed by atoms with Crippen molar-refractivity contribution in [3.8, 4) is 123 Å². The van der Waals surface area contributed by atoms with Gasteiger partial charge < -0.3 is 28.7 Å². The van der Waals surface area contributed by atoms with E-state index in [4.69, 9.17) is 0 Å². The average Bonchev–Trinajstić information content (AvgIpc) is 1.23. The summed E-state index contributed by atoms with van der Waals surface area (Å²) in [5.41, 5.74) is 45.1. The standard InChI is InChI=1S/C142H101BN6/c1-142(2,3)106-92-137-139-138(93-106)149(141-122(73-43-75-134(141)145(109-60-30-12-31-61-109)110-62-32-13-33-63-110)120-71-41-39-69-118(120)116-67-37-35-65-114(116)101-54-24-9-25-55-101)136-95-112(147-131-86-78-104(98-48-18-6-19-49-98)90-125(131)126-91-105(79-87-132(126)147)99-50-20-7-21-51-99)81-83-128(136)143(139)127-82-80-111(146-129-84-76-102(96-44-14-4-15-45-96)88-123(129)124-89-103(77-85-130(124)146)97-46-16-5-17-47-97)94-135(127)148(137)140-121(72-42-74-133(140)144(107-56-26-10-27-57-107)108-58-28-11-29-59-108)119-70-40-38-68-117(119)115-66-36-34-64-113(115)100-52-22-8-23-53-100/h4-95H,1-3H3. The summed E-state index contributed by atoms with van der Waals surface area (Å²) in [7, 11) is 0. The van der Waals surface area contributed by atoms with Crippen LogP contribution in [0.15, 0.2) is 558 Å². The average molecular weight is 1900 g/mol. The molecule has 0 fully saturated rings. The number of fused-ring (bicyclic) bond motifs is 10. The first-order valence-corrected chi connectivity index (χ1v) is 51.6. The highest BCUT2D eigenvalue weighted by Gasteiger charge is 2.48. The molecule has 0 saturated heterocycles. The normalized spacial score (nSPS) is 12.1. The first-order valence-electron chi connectivity index (χ1n) is 51.6. The van der Waals surface area contributed by atoms with E-state index in [0.29, 0.717) is 0 Å². The van der Waals surface area contributed by atoms with Crippen molar-refractivity contribution in [1.82, 2.24) is 9.13 Å². The lowest BCUT2D eigenvalue weighted by Gasteiger charge is -2.47. The number of anilines is 12. The number of hydrogen-bond acceptors (Lipinski definition) is 4. The van der Waals surface area contributed by atoms with Crippen molar-refractivity contribution in [3.05, 3.63) is 564 Å². The molecule has 0 N–H and O–H groups in total. The fourth-order valence-corrected chi connectivity index (χ4v) is 23.6. The van der Waals surface area contributed by atoms with Gasteiger partial charge in [0.15, 0.2) is 0 Å². The summed E-state index contributed by atoms with van der Waals surface area (Å²) in [5.74, 6) is 0. The van der Waals surface area contributed by atoms with E-state index in [-0.39, 0.29) is 0 Å². The Morgan fingerprint density at radius 3 is 0.711 bits per heavy atom. The summed E-state index contributed by atoms with van der Waals surface area (Å²) in [6.07, 6.45) is 0. The third-order valence-electron chi connectivity index (χ3n) is 30.4. The molecule has 23 aromatic carbocycles. The summed E-state index contributed by atoms with van der Waals surface area (Å²) in [5, 5.41) is 4.65. The number of nitrogens with zero attached hydrogens (tertiary/aromatic N) is 6. The second-order valence-corrected chi connectivity index (χ2v) is 40.1. The third kappa shape index (κ3) is 15.6. The smallest absolute Gasteiger partial charge is 0.252 e. The molecule has 25 aromatic rings. The lowest BCUT2D eigenvalue weighted by molar-refractivity contribution is 0.590. The molecule has 0 atom stereocenters. The van der Waals surface area contributed by atoms with E-state index >= 15 is 0 Å². The molecule has 7 heteroatoms. The van der Waals surface area contributed by atoms with Crippen LogP contribution < -0.4 is 36.0 Å². The Kier molecular flexibility index (Phi) is 22.2. The van der Waals surface area contributed by atoms with Crippen molar-refractivity contribution in [1.29, 1.82) is 0 Å². The van der Waals surface area contributed by atoms with Crippen LogP contribution in [0.5, 0.6) is 0 Å². The van der Waals surface area contributed by atoms with Crippen molar-refractivity contribution in [2.45, 2.75) is 26.2 Å². The molecule has 702 valence electrons. The van der Waals surface area contributed by atoms with Crippen LogP contribution >= 0.6 is 0 Å². The molecule has 2 aliphatic heterocycles. The van der Waals surface area contributed by atoms with Crippen molar-refractivity contribution < 1.29 is 0 Å². The summed E-state index contributed by atoms with van der Waals surface area (Å²) in [6, 6.07) is 209. The quantitative estimate of drug-likeness (QED) is 0.0710. The van der Waals surface area contributed by atoms with E-state index in [1.165, 1.54) is 0 Å². The van der Waals surface area contributed by atoms with Gasteiger partial charge in [-0.1, -0.05) is 433 Å². The second kappa shape index (κ2) is 37.3. The van der Waals surface area contributed by atoms with Crippen LogP contribution in [-0.4, -0.2) is 15.8 Å². The van der Waals surface area contributed by atoms with E-state index in [0.717, 1.165) is 256 Å². The summed E-state index contributed by atoms with van der Waals surface area (Å²) >= 11 is 0. The summed E-state index contributed by atoms with van der Waals surface area (Å²) in [6.45, 7) is 6.80. The predicted octanol–water partition coefficient (Wildman–Crippen LogP) is 36.9. The minimum Gasteiger partial charge on any atom is -0.309 e. The van der Waals surface area contributed by atoms with Gasteiger partial charge in [-0.15, -0.1) is 0 Å². The van der Waals surface area contributed by atoms with Gasteiger partial charge in [0, 0.05) is 89.5 Å². The Morgan fingerprint density at radius 2 is 0.430 bits per heavy atom. The largest absolute Gasteiger partial charge is 0.309 e. The van der Waals surface area contributed by atoms with E-state index in [9.17, 15) is 0 Å². The van der Waals surface area contributed by atoms with Crippen LogP contribution in [0.25, 0.3) is 166 Å². The van der Waals surface area contributed by atoms with Crippen LogP contribution in [0.3, 0.4) is 0 Å². The molecule has 0 unspecified atom stereocenters. The Balaban J connectivity index is 0.818. The van der Waals surface area contributed by atoms with E-state index in [2.05, 4.69) is 608 Å². The fourth-order valence-electron chi connectivity index (χ4n) is 23.6. The first-order chi connectivity index (χ1) is 73.6. The SMILES string of the molecule is CC(C)(C)c1cc2c3c(c1)N(c1c(-c4ccccc4-c4ccccc4-c4ccccc4)cccc1N(c1ccccc1)c1ccccc1)c1cc(-n4c5ccc(-c6ccccc6)cc5c5cc(-c6ccccc6)ccc54)ccc1B3c1ccc(-n3c4ccc(-c5ccccc5)cc4c4cc(-c5ccccc5)ccc43)cc1N2c1c(-c2ccccc2-c2ccccc2-c2ccccc2)cccc1N(c1ccccc1)c1ccccc1. The summed E-state index contributed by atoms with van der Waals surface area (Å²) in [4.78, 5) is 10.5. The zero-order chi connectivity index (χ0) is 99.2.